The van der Waals surface area contributed by atoms with Gasteiger partial charge in [0.2, 0.25) is 0 Å². The monoisotopic (exact) mass is 811 g/mol. The summed E-state index contributed by atoms with van der Waals surface area (Å²) in [5.74, 6) is 0. The minimum Gasteiger partial charge on any atom is -0.381 e. The molecule has 0 aliphatic carbocycles. The van der Waals surface area contributed by atoms with E-state index in [1.807, 2.05) is 6.92 Å². The highest BCUT2D eigenvalue weighted by Crippen LogP contribution is 2.45. The van der Waals surface area contributed by atoms with Crippen LogP contribution in [-0.2, 0) is 23.1 Å². The second-order valence-corrected chi connectivity index (χ2v) is 18.0. The largest absolute Gasteiger partial charge is 0.472 e. The molecule has 0 aromatic rings. The van der Waals surface area contributed by atoms with Crippen molar-refractivity contribution in [2.45, 2.75) is 226 Å². The Morgan fingerprint density at radius 3 is 1.06 bits per heavy atom. The van der Waals surface area contributed by atoms with Gasteiger partial charge in [-0.1, -0.05) is 216 Å². The van der Waals surface area contributed by atoms with Crippen LogP contribution in [0.5, 0.6) is 0 Å². The molecule has 6 nitrogen and oxygen atoms in total. The first-order chi connectivity index (χ1) is 24.9. The summed E-state index contributed by atoms with van der Waals surface area (Å²) in [7, 11) is -4.12. The van der Waals surface area contributed by atoms with Crippen LogP contribution >= 0.6 is 23.8 Å². The number of ether oxygens (including phenoxy) is 2. The number of halogens is 1. The van der Waals surface area contributed by atoms with Gasteiger partial charge in [-0.15, -0.1) is 0 Å². The van der Waals surface area contributed by atoms with E-state index in [2.05, 4.69) is 29.8 Å². The summed E-state index contributed by atoms with van der Waals surface area (Å²) in [6.07, 6.45) is 41.4. The van der Waals surface area contributed by atoms with Gasteiger partial charge in [0.25, 0.3) is 0 Å². The van der Waals surface area contributed by atoms with Gasteiger partial charge in [0.15, 0.2) is 0 Å². The molecule has 51 heavy (non-hydrogen) atoms. The number of alkyl halides is 1. The summed E-state index contributed by atoms with van der Waals surface area (Å²) < 4.78 is 35.6. The Balaban J connectivity index is 4.22. The molecule has 8 heteroatoms. The molecule has 0 saturated carbocycles. The molecular weight excluding hydrogens is 723 g/mol. The number of phosphoric ester groups is 1. The summed E-state index contributed by atoms with van der Waals surface area (Å²) >= 11 is 3.44. The van der Waals surface area contributed by atoms with Crippen molar-refractivity contribution >= 4 is 23.8 Å². The maximum absolute atomic E-state index is 12.6. The highest BCUT2D eigenvalue weighted by Gasteiger charge is 2.31. The fourth-order valence-electron chi connectivity index (χ4n) is 6.56. The molecule has 308 valence electrons. The Kier molecular flexibility index (Phi) is 40.6. The maximum Gasteiger partial charge on any atom is 0.472 e. The number of hydrogen-bond acceptors (Lipinski definition) is 5. The highest BCUT2D eigenvalue weighted by atomic mass is 79.9. The number of hydrogen-bond donors (Lipinski definition) is 1. The van der Waals surface area contributed by atoms with Crippen LogP contribution in [0.25, 0.3) is 0 Å². The van der Waals surface area contributed by atoms with Gasteiger partial charge >= 0.3 is 7.82 Å². The lowest BCUT2D eigenvalue weighted by molar-refractivity contribution is -0.0425. The van der Waals surface area contributed by atoms with Crippen LogP contribution in [0.15, 0.2) is 0 Å². The molecule has 0 spiro atoms. The molecule has 0 aliphatic rings. The van der Waals surface area contributed by atoms with E-state index in [0.29, 0.717) is 26.4 Å². The number of unbranched alkanes of at least 4 members (excludes halogenated alkanes) is 29. The summed E-state index contributed by atoms with van der Waals surface area (Å²) in [6, 6.07) is 0. The van der Waals surface area contributed by atoms with Crippen LogP contribution < -0.4 is 0 Å². The molecule has 0 aliphatic heterocycles. The Labute approximate surface area is 327 Å². The predicted octanol–water partition coefficient (Wildman–Crippen LogP) is 15.1. The molecule has 1 unspecified atom stereocenters. The summed E-state index contributed by atoms with van der Waals surface area (Å²) in [5.41, 5.74) is -0.510. The van der Waals surface area contributed by atoms with Crippen LogP contribution in [0.4, 0.5) is 0 Å². The predicted molar refractivity (Wildman–Crippen MR) is 224 cm³/mol. The van der Waals surface area contributed by atoms with Crippen molar-refractivity contribution in [1.29, 1.82) is 0 Å². The van der Waals surface area contributed by atoms with Crippen molar-refractivity contribution in [1.82, 2.24) is 0 Å². The van der Waals surface area contributed by atoms with E-state index in [4.69, 9.17) is 18.5 Å². The molecule has 0 heterocycles. The zero-order valence-electron chi connectivity index (χ0n) is 34.4. The minimum atomic E-state index is -4.12. The molecule has 0 saturated heterocycles. The molecule has 0 rings (SSSR count). The van der Waals surface area contributed by atoms with E-state index in [1.54, 1.807) is 0 Å². The van der Waals surface area contributed by atoms with Gasteiger partial charge in [-0.25, -0.2) is 4.57 Å². The molecule has 0 aromatic heterocycles. The lowest BCUT2D eigenvalue weighted by Gasteiger charge is -2.29. The summed E-state index contributed by atoms with van der Waals surface area (Å²) in [5, 5.41) is 0.983. The number of rotatable bonds is 44. The Hall–Kier alpha value is 0.510. The minimum absolute atomic E-state index is 0.0713. The topological polar surface area (TPSA) is 74.2 Å². The van der Waals surface area contributed by atoms with Gasteiger partial charge in [-0.05, 0) is 25.7 Å². The first-order valence-electron chi connectivity index (χ1n) is 22.2. The average Bonchev–Trinajstić information content (AvgIpc) is 3.12. The Bertz CT molecular complexity index is 691. The lowest BCUT2D eigenvalue weighted by Crippen LogP contribution is -2.34. The Morgan fingerprint density at radius 2 is 0.725 bits per heavy atom. The van der Waals surface area contributed by atoms with E-state index in [9.17, 15) is 9.46 Å². The molecule has 1 N–H and O–H groups in total. The number of phosphoric acid groups is 1. The van der Waals surface area contributed by atoms with Crippen molar-refractivity contribution in [2.24, 2.45) is 5.41 Å². The maximum atomic E-state index is 12.6. The Morgan fingerprint density at radius 1 is 0.431 bits per heavy atom. The van der Waals surface area contributed by atoms with Gasteiger partial charge in [-0.2, -0.15) is 0 Å². The van der Waals surface area contributed by atoms with Gasteiger partial charge in [0, 0.05) is 24.0 Å². The van der Waals surface area contributed by atoms with Crippen LogP contribution in [0.1, 0.15) is 226 Å². The van der Waals surface area contributed by atoms with Gasteiger partial charge in [0.05, 0.1) is 26.4 Å². The van der Waals surface area contributed by atoms with Gasteiger partial charge in [-0.3, -0.25) is 9.05 Å². The van der Waals surface area contributed by atoms with Crippen LogP contribution in [0.3, 0.4) is 0 Å². The normalized spacial score (nSPS) is 13.3. The third kappa shape index (κ3) is 40.0. The first kappa shape index (κ1) is 51.5. The highest BCUT2D eigenvalue weighted by molar-refractivity contribution is 9.09. The quantitative estimate of drug-likeness (QED) is 0.0375. The fraction of sp³-hybridized carbons (Fsp3) is 1.00. The van der Waals surface area contributed by atoms with Crippen LogP contribution in [-0.4, -0.2) is 49.9 Å². The summed E-state index contributed by atoms with van der Waals surface area (Å²) in [4.78, 5) is 10.3. The summed E-state index contributed by atoms with van der Waals surface area (Å²) in [6.45, 7) is 9.19. The molecule has 0 radical (unpaired) electrons. The van der Waals surface area contributed by atoms with E-state index in [0.717, 1.165) is 43.9 Å². The molecular formula is C43H88BrO6P. The molecule has 0 bridgehead atoms. The van der Waals surface area contributed by atoms with Crippen LogP contribution in [0, 0.1) is 5.41 Å². The fourth-order valence-corrected chi connectivity index (χ4v) is 7.87. The first-order valence-corrected chi connectivity index (χ1v) is 24.8. The molecule has 0 fully saturated rings. The molecule has 1 atom stereocenters. The van der Waals surface area contributed by atoms with Crippen molar-refractivity contribution in [3.05, 3.63) is 0 Å². The molecule has 0 amide bonds. The lowest BCUT2D eigenvalue weighted by atomic mass is 9.94. The van der Waals surface area contributed by atoms with Crippen molar-refractivity contribution in [3.63, 3.8) is 0 Å². The van der Waals surface area contributed by atoms with Crippen molar-refractivity contribution in [3.8, 4) is 0 Å². The zero-order valence-corrected chi connectivity index (χ0v) is 36.9. The second kappa shape index (κ2) is 40.2. The SMILES string of the molecule is CCCCCCCCCCCCCCCCOCC(C)(COCCCCCCCCCCCCCCCC)COP(=O)(O)OCCCCCCBr. The van der Waals surface area contributed by atoms with Crippen molar-refractivity contribution in [2.75, 3.05) is 45.0 Å². The van der Waals surface area contributed by atoms with Gasteiger partial charge in [0.1, 0.15) is 0 Å². The van der Waals surface area contributed by atoms with Crippen LogP contribution in [0.2, 0.25) is 0 Å². The van der Waals surface area contributed by atoms with Gasteiger partial charge < -0.3 is 14.4 Å². The zero-order chi connectivity index (χ0) is 37.4. The van der Waals surface area contributed by atoms with Crippen molar-refractivity contribution < 1.29 is 28.0 Å². The van der Waals surface area contributed by atoms with E-state index >= 15 is 0 Å². The average molecular weight is 812 g/mol. The second-order valence-electron chi connectivity index (χ2n) is 15.8. The third-order valence-corrected chi connectivity index (χ3v) is 11.6. The van der Waals surface area contributed by atoms with E-state index < -0.39 is 13.2 Å². The standard InChI is InChI=1S/C43H88BrO6P/c1-4-6-8-10-12-14-16-18-20-22-24-26-29-33-37-47-40-43(3,42-50-51(45,46)49-39-35-31-28-32-36-44)41-48-38-34-30-27-25-23-21-19-17-15-13-11-9-7-5-2/h4-42H2,1-3H3,(H,45,46). The smallest absolute Gasteiger partial charge is 0.381 e. The van der Waals surface area contributed by atoms with E-state index in [-0.39, 0.29) is 13.2 Å². The van der Waals surface area contributed by atoms with E-state index in [1.165, 1.54) is 167 Å². The molecule has 0 aromatic carbocycles. The third-order valence-electron chi connectivity index (χ3n) is 10.0.